The predicted octanol–water partition coefficient (Wildman–Crippen LogP) is 2.41. The average Bonchev–Trinajstić information content (AvgIpc) is 2.97. The van der Waals surface area contributed by atoms with Gasteiger partial charge in [0, 0.05) is 17.2 Å². The molecule has 0 bridgehead atoms. The zero-order valence-electron chi connectivity index (χ0n) is 15.2. The zero-order chi connectivity index (χ0) is 21.1. The summed E-state index contributed by atoms with van der Waals surface area (Å²) in [4.78, 5) is 59.6. The average molecular weight is 397 g/mol. The molecule has 0 aliphatic heterocycles. The van der Waals surface area contributed by atoms with Crippen molar-refractivity contribution in [2.75, 3.05) is 13.2 Å². The number of nitrogens with zero attached hydrogens (tertiary/aromatic N) is 1. The molecule has 1 aliphatic rings. The molecule has 0 heterocycles. The SMILES string of the molecule is CCOC(=O)COc1ccc(C(=O)C2C(=O)c3cccc([N+](=O)[O-])c3C2=O)cc1. The molecule has 9 heteroatoms. The fourth-order valence-corrected chi connectivity index (χ4v) is 3.04. The number of carbonyl (C=O) groups is 4. The summed E-state index contributed by atoms with van der Waals surface area (Å²) in [5, 5.41) is 11.2. The third-order valence-electron chi connectivity index (χ3n) is 4.34. The Kier molecular flexibility index (Phi) is 5.49. The molecule has 0 amide bonds. The topological polar surface area (TPSA) is 130 Å². The minimum absolute atomic E-state index is 0.0654. The largest absolute Gasteiger partial charge is 0.482 e. The van der Waals surface area contributed by atoms with Gasteiger partial charge in [0.2, 0.25) is 0 Å². The Morgan fingerprint density at radius 3 is 2.38 bits per heavy atom. The van der Waals surface area contributed by atoms with E-state index in [2.05, 4.69) is 0 Å². The minimum atomic E-state index is -1.66. The van der Waals surface area contributed by atoms with Crippen molar-refractivity contribution < 1.29 is 33.6 Å². The van der Waals surface area contributed by atoms with Gasteiger partial charge in [0.25, 0.3) is 5.69 Å². The highest BCUT2D eigenvalue weighted by atomic mass is 16.6. The van der Waals surface area contributed by atoms with Gasteiger partial charge in [-0.1, -0.05) is 12.1 Å². The molecule has 0 saturated heterocycles. The standard InChI is InChI=1S/C20H15NO8/c1-2-28-15(22)10-29-12-8-6-11(7-9-12)18(23)17-19(24)13-4-3-5-14(21(26)27)16(13)20(17)25/h3-9,17H,2,10H2,1H3. The molecule has 0 aromatic heterocycles. The molecule has 0 N–H and O–H groups in total. The first-order chi connectivity index (χ1) is 13.8. The van der Waals surface area contributed by atoms with Crippen molar-refractivity contribution in [3.8, 4) is 5.75 Å². The summed E-state index contributed by atoms with van der Waals surface area (Å²) in [5.41, 5.74) is -0.901. The molecule has 9 nitrogen and oxygen atoms in total. The van der Waals surface area contributed by atoms with E-state index in [1.807, 2.05) is 0 Å². The van der Waals surface area contributed by atoms with Crippen LogP contribution in [0.25, 0.3) is 0 Å². The lowest BCUT2D eigenvalue weighted by molar-refractivity contribution is -0.385. The van der Waals surface area contributed by atoms with Crippen molar-refractivity contribution in [2.24, 2.45) is 5.92 Å². The maximum atomic E-state index is 12.8. The van der Waals surface area contributed by atoms with Crippen LogP contribution < -0.4 is 4.74 Å². The molecule has 2 aromatic carbocycles. The van der Waals surface area contributed by atoms with E-state index in [-0.39, 0.29) is 35.7 Å². The molecular formula is C20H15NO8. The highest BCUT2D eigenvalue weighted by Crippen LogP contribution is 2.35. The van der Waals surface area contributed by atoms with Gasteiger partial charge in [0.05, 0.1) is 11.5 Å². The Balaban J connectivity index is 1.80. The van der Waals surface area contributed by atoms with Crippen LogP contribution in [-0.4, -0.2) is 41.5 Å². The van der Waals surface area contributed by atoms with Crippen molar-refractivity contribution in [2.45, 2.75) is 6.92 Å². The van der Waals surface area contributed by atoms with Gasteiger partial charge in [-0.25, -0.2) is 4.79 Å². The number of Topliss-reactive ketones (excluding diaryl/α,β-unsaturated/α-hetero) is 3. The van der Waals surface area contributed by atoms with Crippen LogP contribution in [0.3, 0.4) is 0 Å². The summed E-state index contributed by atoms with van der Waals surface area (Å²) in [5.74, 6) is -4.32. The number of carbonyl (C=O) groups excluding carboxylic acids is 4. The molecule has 0 radical (unpaired) electrons. The van der Waals surface area contributed by atoms with Gasteiger partial charge in [0.15, 0.2) is 24.0 Å². The van der Waals surface area contributed by atoms with Crippen molar-refractivity contribution in [3.63, 3.8) is 0 Å². The molecule has 1 unspecified atom stereocenters. The Bertz CT molecular complexity index is 1030. The second kappa shape index (κ2) is 8.01. The molecule has 29 heavy (non-hydrogen) atoms. The number of rotatable bonds is 7. The van der Waals surface area contributed by atoms with Gasteiger partial charge in [-0.2, -0.15) is 0 Å². The summed E-state index contributed by atoms with van der Waals surface area (Å²) >= 11 is 0. The molecule has 0 saturated carbocycles. The van der Waals surface area contributed by atoms with Crippen LogP contribution >= 0.6 is 0 Å². The van der Waals surface area contributed by atoms with Crippen LogP contribution in [0.4, 0.5) is 5.69 Å². The summed E-state index contributed by atoms with van der Waals surface area (Å²) < 4.78 is 9.95. The Morgan fingerprint density at radius 2 is 1.76 bits per heavy atom. The Labute approximate surface area is 164 Å². The number of nitro groups is 1. The smallest absolute Gasteiger partial charge is 0.344 e. The van der Waals surface area contributed by atoms with E-state index in [0.717, 1.165) is 6.07 Å². The van der Waals surface area contributed by atoms with Gasteiger partial charge < -0.3 is 9.47 Å². The molecule has 0 spiro atoms. The van der Waals surface area contributed by atoms with Gasteiger partial charge in [-0.15, -0.1) is 0 Å². The molecule has 0 fully saturated rings. The lowest BCUT2D eigenvalue weighted by Crippen LogP contribution is -2.25. The number of ether oxygens (including phenoxy) is 2. The maximum absolute atomic E-state index is 12.8. The molecule has 1 aliphatic carbocycles. The normalized spacial score (nSPS) is 15.0. The fraction of sp³-hybridized carbons (Fsp3) is 0.200. The van der Waals surface area contributed by atoms with Gasteiger partial charge in [-0.05, 0) is 31.2 Å². The van der Waals surface area contributed by atoms with E-state index < -0.39 is 39.8 Å². The van der Waals surface area contributed by atoms with Crippen molar-refractivity contribution >= 4 is 29.0 Å². The Hall–Kier alpha value is -3.88. The van der Waals surface area contributed by atoms with Gasteiger partial charge in [0.1, 0.15) is 17.2 Å². The third kappa shape index (κ3) is 3.75. The molecule has 148 valence electrons. The van der Waals surface area contributed by atoms with Crippen LogP contribution in [0.15, 0.2) is 42.5 Å². The number of ketones is 3. The molecule has 3 rings (SSSR count). The number of fused-ring (bicyclic) bond motifs is 1. The summed E-state index contributed by atoms with van der Waals surface area (Å²) in [6.07, 6.45) is 0. The van der Waals surface area contributed by atoms with Crippen LogP contribution in [0.5, 0.6) is 5.75 Å². The lowest BCUT2D eigenvalue weighted by Gasteiger charge is -2.08. The second-order valence-corrected chi connectivity index (χ2v) is 6.10. The maximum Gasteiger partial charge on any atom is 0.344 e. The highest BCUT2D eigenvalue weighted by molar-refractivity contribution is 6.38. The van der Waals surface area contributed by atoms with Crippen LogP contribution in [0.1, 0.15) is 38.0 Å². The Morgan fingerprint density at radius 1 is 1.07 bits per heavy atom. The van der Waals surface area contributed by atoms with Gasteiger partial charge >= 0.3 is 5.97 Å². The molecular weight excluding hydrogens is 382 g/mol. The number of benzene rings is 2. The number of hydrogen-bond donors (Lipinski definition) is 0. The zero-order valence-corrected chi connectivity index (χ0v) is 15.2. The van der Waals surface area contributed by atoms with E-state index in [1.165, 1.54) is 36.4 Å². The lowest BCUT2D eigenvalue weighted by atomic mass is 9.93. The predicted molar refractivity (Wildman–Crippen MR) is 98.1 cm³/mol. The third-order valence-corrected chi connectivity index (χ3v) is 4.34. The van der Waals surface area contributed by atoms with E-state index in [0.29, 0.717) is 0 Å². The second-order valence-electron chi connectivity index (χ2n) is 6.10. The van der Waals surface area contributed by atoms with Crippen LogP contribution in [-0.2, 0) is 9.53 Å². The van der Waals surface area contributed by atoms with Crippen molar-refractivity contribution in [3.05, 3.63) is 69.3 Å². The van der Waals surface area contributed by atoms with Crippen LogP contribution in [0, 0.1) is 16.0 Å². The first-order valence-corrected chi connectivity index (χ1v) is 8.63. The molecule has 2 aromatic rings. The van der Waals surface area contributed by atoms with Gasteiger partial charge in [-0.3, -0.25) is 24.5 Å². The summed E-state index contributed by atoms with van der Waals surface area (Å²) in [7, 11) is 0. The first kappa shape index (κ1) is 19.9. The molecule has 1 atom stereocenters. The monoisotopic (exact) mass is 397 g/mol. The highest BCUT2D eigenvalue weighted by Gasteiger charge is 2.47. The van der Waals surface area contributed by atoms with E-state index in [1.54, 1.807) is 6.92 Å². The summed E-state index contributed by atoms with van der Waals surface area (Å²) in [6.45, 7) is 1.58. The van der Waals surface area contributed by atoms with Crippen molar-refractivity contribution in [1.82, 2.24) is 0 Å². The van der Waals surface area contributed by atoms with E-state index in [9.17, 15) is 29.3 Å². The van der Waals surface area contributed by atoms with E-state index >= 15 is 0 Å². The number of nitro benzene ring substituents is 1. The van der Waals surface area contributed by atoms with Crippen LogP contribution in [0.2, 0.25) is 0 Å². The minimum Gasteiger partial charge on any atom is -0.482 e. The van der Waals surface area contributed by atoms with E-state index in [4.69, 9.17) is 9.47 Å². The van der Waals surface area contributed by atoms with Crippen molar-refractivity contribution in [1.29, 1.82) is 0 Å². The fourth-order valence-electron chi connectivity index (χ4n) is 3.04. The summed E-state index contributed by atoms with van der Waals surface area (Å²) in [6, 6.07) is 9.22. The first-order valence-electron chi connectivity index (χ1n) is 8.63. The number of esters is 1. The quantitative estimate of drug-likeness (QED) is 0.229. The number of hydrogen-bond acceptors (Lipinski definition) is 8.